The van der Waals surface area contributed by atoms with Crippen LogP contribution in [0.15, 0.2) is 34.5 Å². The molecule has 5 nitrogen and oxygen atoms in total. The molecule has 0 bridgehead atoms. The summed E-state index contributed by atoms with van der Waals surface area (Å²) in [5, 5.41) is 11.2. The average Bonchev–Trinajstić information content (AvgIpc) is 2.79. The maximum atomic E-state index is 11.3. The lowest BCUT2D eigenvalue weighted by atomic mass is 10.2. The van der Waals surface area contributed by atoms with Crippen LogP contribution in [-0.4, -0.2) is 29.1 Å². The van der Waals surface area contributed by atoms with Crippen LogP contribution in [0.4, 0.5) is 0 Å². The summed E-state index contributed by atoms with van der Waals surface area (Å²) in [6.45, 7) is 4.66. The van der Waals surface area contributed by atoms with E-state index in [-0.39, 0.29) is 11.2 Å². The van der Waals surface area contributed by atoms with E-state index in [0.717, 1.165) is 24.2 Å². The maximum Gasteiger partial charge on any atom is 0.239 e. The number of rotatable bonds is 6. The Labute approximate surface area is 128 Å². The van der Waals surface area contributed by atoms with Crippen LogP contribution in [0, 0.1) is 0 Å². The van der Waals surface area contributed by atoms with E-state index in [9.17, 15) is 4.79 Å². The van der Waals surface area contributed by atoms with E-state index in [2.05, 4.69) is 22.4 Å². The van der Waals surface area contributed by atoms with Gasteiger partial charge in [-0.1, -0.05) is 37.2 Å². The van der Waals surface area contributed by atoms with Crippen molar-refractivity contribution in [3.05, 3.63) is 29.8 Å². The fourth-order valence-electron chi connectivity index (χ4n) is 1.69. The number of amides is 1. The Hall–Kier alpha value is -1.82. The predicted molar refractivity (Wildman–Crippen MR) is 87.1 cm³/mol. The van der Waals surface area contributed by atoms with E-state index in [1.807, 2.05) is 31.2 Å². The third-order valence-electron chi connectivity index (χ3n) is 2.91. The molecular formula is C15H19N3O2S. The van der Waals surface area contributed by atoms with Gasteiger partial charge >= 0.3 is 0 Å². The molecule has 6 heteroatoms. The van der Waals surface area contributed by atoms with Gasteiger partial charge in [-0.15, -0.1) is 5.10 Å². The van der Waals surface area contributed by atoms with Gasteiger partial charge in [0.1, 0.15) is 5.75 Å². The largest absolute Gasteiger partial charge is 0.493 e. The summed E-state index contributed by atoms with van der Waals surface area (Å²) >= 11 is 1.37. The Morgan fingerprint density at radius 1 is 1.43 bits per heavy atom. The molecule has 0 aliphatic carbocycles. The lowest BCUT2D eigenvalue weighted by Gasteiger charge is -2.07. The van der Waals surface area contributed by atoms with Crippen LogP contribution in [0.3, 0.4) is 0 Å². The van der Waals surface area contributed by atoms with Crippen LogP contribution in [0.25, 0.3) is 0 Å². The fourth-order valence-corrected chi connectivity index (χ4v) is 2.45. The van der Waals surface area contributed by atoms with Crippen LogP contribution >= 0.6 is 11.8 Å². The number of benzene rings is 1. The molecule has 1 atom stereocenters. The Bertz CT molecular complexity index is 558. The minimum atomic E-state index is -0.108. The zero-order valence-electron chi connectivity index (χ0n) is 12.2. The van der Waals surface area contributed by atoms with Crippen molar-refractivity contribution in [3.8, 4) is 5.75 Å². The summed E-state index contributed by atoms with van der Waals surface area (Å²) in [6.07, 6.45) is 3.76. The standard InChI is InChI=1S/C15H19N3O2S/c1-3-4-9-20-13-8-6-5-7-12(13)10-16-18-15-17-14(19)11(2)21-15/h5-8,10-11H,3-4,9H2,1-2H3,(H,17,18,19)/b16-10-/t11-/m0/s1. The van der Waals surface area contributed by atoms with Crippen LogP contribution in [0.2, 0.25) is 0 Å². The molecule has 1 heterocycles. The van der Waals surface area contributed by atoms with Gasteiger partial charge < -0.3 is 10.1 Å². The molecule has 1 saturated heterocycles. The predicted octanol–water partition coefficient (Wildman–Crippen LogP) is 2.81. The van der Waals surface area contributed by atoms with Crippen molar-refractivity contribution < 1.29 is 9.53 Å². The van der Waals surface area contributed by atoms with E-state index in [4.69, 9.17) is 4.74 Å². The molecule has 2 rings (SSSR count). The molecule has 0 radical (unpaired) electrons. The molecule has 0 spiro atoms. The van der Waals surface area contributed by atoms with E-state index in [0.29, 0.717) is 11.8 Å². The maximum absolute atomic E-state index is 11.3. The monoisotopic (exact) mass is 305 g/mol. The molecule has 1 aromatic rings. The molecular weight excluding hydrogens is 286 g/mol. The molecule has 1 N–H and O–H groups in total. The van der Waals surface area contributed by atoms with E-state index in [1.165, 1.54) is 11.8 Å². The number of para-hydroxylation sites is 1. The molecule has 112 valence electrons. The van der Waals surface area contributed by atoms with Gasteiger partial charge in [0.15, 0.2) is 5.17 Å². The van der Waals surface area contributed by atoms with Gasteiger partial charge in [-0.3, -0.25) is 4.79 Å². The van der Waals surface area contributed by atoms with Crippen LogP contribution < -0.4 is 10.1 Å². The van der Waals surface area contributed by atoms with Crippen LogP contribution in [-0.2, 0) is 4.79 Å². The molecule has 1 fully saturated rings. The molecule has 0 aromatic heterocycles. The van der Waals surface area contributed by atoms with Crippen molar-refractivity contribution >= 4 is 29.1 Å². The van der Waals surface area contributed by atoms with Crippen molar-refractivity contribution in [2.75, 3.05) is 6.61 Å². The Balaban J connectivity index is 2.00. The fraction of sp³-hybridized carbons (Fsp3) is 0.400. The first kappa shape index (κ1) is 15.6. The topological polar surface area (TPSA) is 63.1 Å². The molecule has 1 aromatic carbocycles. The van der Waals surface area contributed by atoms with Gasteiger partial charge in [-0.25, -0.2) is 0 Å². The second-order valence-electron chi connectivity index (χ2n) is 4.64. The van der Waals surface area contributed by atoms with Gasteiger partial charge in [-0.05, 0) is 25.5 Å². The van der Waals surface area contributed by atoms with Gasteiger partial charge in [0, 0.05) is 5.56 Å². The Kier molecular flexibility index (Phi) is 5.80. The second kappa shape index (κ2) is 7.83. The number of carbonyl (C=O) groups is 1. The number of carbonyl (C=O) groups excluding carboxylic acids is 1. The third-order valence-corrected chi connectivity index (χ3v) is 3.88. The minimum absolute atomic E-state index is 0.0303. The smallest absolute Gasteiger partial charge is 0.239 e. The summed E-state index contributed by atoms with van der Waals surface area (Å²) in [4.78, 5) is 11.3. The highest BCUT2D eigenvalue weighted by molar-refractivity contribution is 8.15. The van der Waals surface area contributed by atoms with E-state index < -0.39 is 0 Å². The summed E-state index contributed by atoms with van der Waals surface area (Å²) in [5.74, 6) is 0.767. The zero-order chi connectivity index (χ0) is 15.1. The highest BCUT2D eigenvalue weighted by Gasteiger charge is 2.25. The molecule has 1 aliphatic rings. The minimum Gasteiger partial charge on any atom is -0.493 e. The first-order valence-electron chi connectivity index (χ1n) is 7.01. The number of nitrogens with zero attached hydrogens (tertiary/aromatic N) is 2. The summed E-state index contributed by atoms with van der Waals surface area (Å²) in [5.41, 5.74) is 0.875. The number of unbranched alkanes of at least 4 members (excludes halogenated alkanes) is 1. The van der Waals surface area contributed by atoms with Crippen molar-refractivity contribution in [1.82, 2.24) is 5.32 Å². The van der Waals surface area contributed by atoms with Gasteiger partial charge in [0.05, 0.1) is 18.1 Å². The van der Waals surface area contributed by atoms with Crippen LogP contribution in [0.5, 0.6) is 5.75 Å². The molecule has 1 amide bonds. The molecule has 21 heavy (non-hydrogen) atoms. The number of hydrogen-bond acceptors (Lipinski definition) is 5. The zero-order valence-corrected chi connectivity index (χ0v) is 13.0. The normalized spacial score (nSPS) is 20.2. The average molecular weight is 305 g/mol. The van der Waals surface area contributed by atoms with Crippen molar-refractivity contribution in [3.63, 3.8) is 0 Å². The summed E-state index contributed by atoms with van der Waals surface area (Å²) in [7, 11) is 0. The first-order valence-corrected chi connectivity index (χ1v) is 7.89. The summed E-state index contributed by atoms with van der Waals surface area (Å²) < 4.78 is 5.72. The third kappa shape index (κ3) is 4.60. The van der Waals surface area contributed by atoms with Crippen molar-refractivity contribution in [1.29, 1.82) is 0 Å². The number of thioether (sulfide) groups is 1. The molecule has 0 saturated carbocycles. The highest BCUT2D eigenvalue weighted by Crippen LogP contribution is 2.19. The van der Waals surface area contributed by atoms with Gasteiger partial charge in [0.25, 0.3) is 0 Å². The van der Waals surface area contributed by atoms with E-state index in [1.54, 1.807) is 6.21 Å². The number of ether oxygens (including phenoxy) is 1. The lowest BCUT2D eigenvalue weighted by molar-refractivity contribution is -0.118. The Morgan fingerprint density at radius 3 is 2.95 bits per heavy atom. The Morgan fingerprint density at radius 2 is 2.24 bits per heavy atom. The lowest BCUT2D eigenvalue weighted by Crippen LogP contribution is -2.23. The van der Waals surface area contributed by atoms with Gasteiger partial charge in [0.2, 0.25) is 5.91 Å². The van der Waals surface area contributed by atoms with Crippen molar-refractivity contribution in [2.45, 2.75) is 31.9 Å². The van der Waals surface area contributed by atoms with Crippen LogP contribution in [0.1, 0.15) is 32.3 Å². The van der Waals surface area contributed by atoms with Gasteiger partial charge in [-0.2, -0.15) is 5.10 Å². The first-order chi connectivity index (χ1) is 10.2. The number of hydrogen-bond donors (Lipinski definition) is 1. The summed E-state index contributed by atoms with van der Waals surface area (Å²) in [6, 6.07) is 7.70. The molecule has 1 aliphatic heterocycles. The number of amidine groups is 1. The highest BCUT2D eigenvalue weighted by atomic mass is 32.2. The quantitative estimate of drug-likeness (QED) is 0.499. The SMILES string of the molecule is CCCCOc1ccccc1/C=N\N=C1\NC(=O)[C@H](C)S1. The second-order valence-corrected chi connectivity index (χ2v) is 5.97. The van der Waals surface area contributed by atoms with Crippen molar-refractivity contribution in [2.24, 2.45) is 10.2 Å². The molecule has 0 unspecified atom stereocenters. The van der Waals surface area contributed by atoms with E-state index >= 15 is 0 Å². The number of nitrogens with one attached hydrogen (secondary N) is 1.